The summed E-state index contributed by atoms with van der Waals surface area (Å²) in [6, 6.07) is 21.1. The largest absolute Gasteiger partial charge is 0.504 e. The van der Waals surface area contributed by atoms with E-state index in [1.165, 1.54) is 31.4 Å². The molecule has 0 radical (unpaired) electrons. The number of alkyl halides is 6. The van der Waals surface area contributed by atoms with Gasteiger partial charge in [0.1, 0.15) is 23.1 Å². The Hall–Kier alpha value is -8.56. The van der Waals surface area contributed by atoms with Crippen molar-refractivity contribution in [2.45, 2.75) is 76.8 Å². The third kappa shape index (κ3) is 13.3. The van der Waals surface area contributed by atoms with E-state index in [1.54, 1.807) is 57.9 Å². The number of fused-ring (bicyclic) bond motifs is 2. The monoisotopic (exact) mass is 1070 g/mol. The number of nitrogens with one attached hydrogen (secondary N) is 4. The lowest BCUT2D eigenvalue weighted by molar-refractivity contribution is -0.132. The molecule has 0 aliphatic heterocycles. The number of aromatic hydroxyl groups is 1. The number of carbonyl (C=O) groups excluding carboxylic acids is 2. The summed E-state index contributed by atoms with van der Waals surface area (Å²) in [4.78, 5) is 33.9. The van der Waals surface area contributed by atoms with Gasteiger partial charge in [-0.1, -0.05) is 12.1 Å². The van der Waals surface area contributed by atoms with Crippen molar-refractivity contribution in [3.8, 4) is 57.0 Å². The number of pyridine rings is 2. The van der Waals surface area contributed by atoms with Gasteiger partial charge in [-0.25, -0.2) is 18.7 Å². The van der Waals surface area contributed by atoms with Crippen molar-refractivity contribution in [3.05, 3.63) is 144 Å². The quantitative estimate of drug-likeness (QED) is 0.0554. The third-order valence-electron chi connectivity index (χ3n) is 12.5. The highest BCUT2D eigenvalue weighted by Crippen LogP contribution is 2.38. The molecule has 0 unspecified atom stereocenters. The van der Waals surface area contributed by atoms with Gasteiger partial charge in [-0.2, -0.15) is 26.3 Å². The maximum absolute atomic E-state index is 13.9. The molecule has 4 heterocycles. The summed E-state index contributed by atoms with van der Waals surface area (Å²) in [5.41, 5.74) is 6.56. The van der Waals surface area contributed by atoms with Crippen LogP contribution in [0.5, 0.6) is 34.5 Å². The van der Waals surface area contributed by atoms with Gasteiger partial charge in [0.15, 0.2) is 34.3 Å². The zero-order chi connectivity index (χ0) is 54.8. The van der Waals surface area contributed by atoms with Gasteiger partial charge < -0.3 is 40.6 Å². The summed E-state index contributed by atoms with van der Waals surface area (Å²) in [5, 5.41) is 21.6. The van der Waals surface area contributed by atoms with Gasteiger partial charge in [0.25, 0.3) is 11.8 Å². The van der Waals surface area contributed by atoms with Crippen LogP contribution >= 0.6 is 0 Å². The first-order valence-corrected chi connectivity index (χ1v) is 24.3. The number of amides is 2. The number of phenols is 1. The van der Waals surface area contributed by atoms with E-state index in [-0.39, 0.29) is 70.6 Å². The molecular weight excluding hydrogens is 1020 g/mol. The second-order valence-corrected chi connectivity index (χ2v) is 18.6. The van der Waals surface area contributed by atoms with Crippen molar-refractivity contribution in [3.63, 3.8) is 0 Å². The van der Waals surface area contributed by atoms with Gasteiger partial charge in [0, 0.05) is 71.7 Å². The molecule has 4 aromatic carbocycles. The Kier molecular flexibility index (Phi) is 15.2. The van der Waals surface area contributed by atoms with Crippen molar-refractivity contribution in [2.75, 3.05) is 30.8 Å². The maximum atomic E-state index is 13.9. The number of rotatable bonds is 17. The number of halogens is 8. The van der Waals surface area contributed by atoms with Gasteiger partial charge in [0.05, 0.1) is 67.5 Å². The van der Waals surface area contributed by atoms with Crippen LogP contribution in [0, 0.1) is 25.5 Å². The van der Waals surface area contributed by atoms with E-state index in [4.69, 9.17) is 14.2 Å². The molecule has 10 rings (SSSR count). The molecule has 2 amide bonds. The average Bonchev–Trinajstić information content (AvgIpc) is 4.35. The number of phenolic OH excluding ortho intramolecular Hbond substituents is 1. The molecule has 14 nitrogen and oxygen atoms in total. The summed E-state index contributed by atoms with van der Waals surface area (Å²) in [7, 11) is 1.41. The third-order valence-corrected chi connectivity index (χ3v) is 12.5. The lowest BCUT2D eigenvalue weighted by atomic mass is 10.0. The second-order valence-electron chi connectivity index (χ2n) is 18.6. The highest BCUT2D eigenvalue weighted by molar-refractivity contribution is 5.97. The van der Waals surface area contributed by atoms with Crippen LogP contribution in [0.15, 0.2) is 110 Å². The Labute approximate surface area is 435 Å². The van der Waals surface area contributed by atoms with E-state index in [1.807, 2.05) is 26.0 Å². The maximum Gasteiger partial charge on any atom is 0.390 e. The van der Waals surface area contributed by atoms with E-state index in [0.29, 0.717) is 45.1 Å². The topological polar surface area (TPSA) is 165 Å². The number of hydrogen-bond donors (Lipinski definition) is 5. The standard InChI is InChI=1S/C28H26F4N4O3.C27H24F4N4O3/c1-16-11-17(3-7-21(16)27(37)35-19-5-6-19)23-14-34-26-22(33-10-9-28(30,31)32)13-20(15-36(23)26)39-25-12-18(29)4-8-24(25)38-2;1-15-10-16(2-6-20(15)26(37)34-18-4-5-18)22-13-33-25-21(32-9-8-27(29,30)31)12-19(14-35(22)25)38-24-11-17(28)3-7-23(24)36/h3-4,7-8,11-15,19,33H,5-6,9-10H2,1-2H3,(H,35,37);2-3,6-7,10-14,18,32,36H,4-5,8-9H2,1H3,(H,34,37). The first kappa shape index (κ1) is 53.3. The summed E-state index contributed by atoms with van der Waals surface area (Å²) in [6.07, 6.45) is -0.572. The number of imidazole rings is 2. The minimum Gasteiger partial charge on any atom is -0.504 e. The van der Waals surface area contributed by atoms with Crippen molar-refractivity contribution in [2.24, 2.45) is 0 Å². The van der Waals surface area contributed by atoms with E-state index < -0.39 is 43.4 Å². The van der Waals surface area contributed by atoms with Crippen LogP contribution < -0.4 is 35.5 Å². The zero-order valence-electron chi connectivity index (χ0n) is 41.5. The number of aromatic nitrogens is 4. The molecule has 2 aliphatic rings. The molecular formula is C55H50F8N8O6. The Bertz CT molecular complexity index is 3500. The van der Waals surface area contributed by atoms with Crippen molar-refractivity contribution in [1.29, 1.82) is 0 Å². The minimum atomic E-state index is -4.35. The van der Waals surface area contributed by atoms with Crippen LogP contribution in [0.2, 0.25) is 0 Å². The molecule has 2 fully saturated rings. The predicted molar refractivity (Wildman–Crippen MR) is 271 cm³/mol. The number of methoxy groups -OCH3 is 1. The molecule has 5 N–H and O–H groups in total. The Morgan fingerprint density at radius 1 is 0.610 bits per heavy atom. The van der Waals surface area contributed by atoms with Crippen molar-refractivity contribution < 1.29 is 64.0 Å². The molecule has 77 heavy (non-hydrogen) atoms. The first-order chi connectivity index (χ1) is 36.7. The fourth-order valence-corrected chi connectivity index (χ4v) is 8.29. The highest BCUT2D eigenvalue weighted by atomic mass is 19.4. The van der Waals surface area contributed by atoms with Crippen LogP contribution in [-0.4, -0.2) is 80.3 Å². The fourth-order valence-electron chi connectivity index (χ4n) is 8.29. The molecule has 22 heteroatoms. The van der Waals surface area contributed by atoms with Crippen molar-refractivity contribution >= 4 is 34.5 Å². The van der Waals surface area contributed by atoms with Gasteiger partial charge in [0.2, 0.25) is 0 Å². The molecule has 4 aromatic heterocycles. The normalized spacial score (nSPS) is 13.4. The van der Waals surface area contributed by atoms with Gasteiger partial charge >= 0.3 is 12.4 Å². The van der Waals surface area contributed by atoms with Gasteiger partial charge in [-0.3, -0.25) is 18.4 Å². The van der Waals surface area contributed by atoms with Crippen LogP contribution in [0.1, 0.15) is 70.4 Å². The van der Waals surface area contributed by atoms with E-state index >= 15 is 0 Å². The summed E-state index contributed by atoms with van der Waals surface area (Å²) >= 11 is 0. The van der Waals surface area contributed by atoms with Crippen LogP contribution in [0.25, 0.3) is 33.8 Å². The zero-order valence-corrected chi connectivity index (χ0v) is 41.5. The number of anilines is 2. The molecule has 0 atom stereocenters. The summed E-state index contributed by atoms with van der Waals surface area (Å²) in [5.74, 6) is -1.18. The minimum absolute atomic E-state index is 0.0987. The molecule has 0 bridgehead atoms. The number of carbonyl (C=O) groups is 2. The molecule has 8 aromatic rings. The van der Waals surface area contributed by atoms with Gasteiger partial charge in [-0.15, -0.1) is 0 Å². The smallest absolute Gasteiger partial charge is 0.390 e. The molecule has 0 spiro atoms. The first-order valence-electron chi connectivity index (χ1n) is 24.3. The Morgan fingerprint density at radius 3 is 1.48 bits per heavy atom. The number of hydrogen-bond acceptors (Lipinski definition) is 10. The van der Waals surface area contributed by atoms with Crippen molar-refractivity contribution in [1.82, 2.24) is 29.4 Å². The lowest BCUT2D eigenvalue weighted by Gasteiger charge is -2.15. The molecule has 0 saturated heterocycles. The Morgan fingerprint density at radius 2 is 1.05 bits per heavy atom. The van der Waals surface area contributed by atoms with Crippen LogP contribution in [-0.2, 0) is 0 Å². The van der Waals surface area contributed by atoms with E-state index in [0.717, 1.165) is 66.6 Å². The van der Waals surface area contributed by atoms with E-state index in [9.17, 15) is 49.8 Å². The summed E-state index contributed by atoms with van der Waals surface area (Å²) < 4.78 is 125. The Balaban J connectivity index is 0.000000188. The van der Waals surface area contributed by atoms with E-state index in [2.05, 4.69) is 31.2 Å². The van der Waals surface area contributed by atoms with Gasteiger partial charge in [-0.05, 0) is 99.2 Å². The highest BCUT2D eigenvalue weighted by Gasteiger charge is 2.29. The number of ether oxygens (including phenoxy) is 3. The number of nitrogens with zero attached hydrogens (tertiary/aromatic N) is 4. The molecule has 2 aliphatic carbocycles. The van der Waals surface area contributed by atoms with Crippen LogP contribution in [0.3, 0.4) is 0 Å². The summed E-state index contributed by atoms with van der Waals surface area (Å²) in [6.45, 7) is 2.88. The SMILES string of the molecule is COc1ccc(F)cc1Oc1cc(NCCC(F)(F)F)c2ncc(-c3ccc(C(=O)NC4CC4)c(C)c3)n2c1.Cc1cc(-c2cnc3c(NCCC(F)(F)F)cc(Oc4cc(F)ccc4O)cn23)ccc1C(=O)NC1CC1. The van der Waals surface area contributed by atoms with Crippen LogP contribution in [0.4, 0.5) is 46.5 Å². The fraction of sp³-hybridized carbons (Fsp3) is 0.273. The lowest BCUT2D eigenvalue weighted by Crippen LogP contribution is -2.26. The number of aryl methyl sites for hydroxylation is 2. The predicted octanol–water partition coefficient (Wildman–Crippen LogP) is 12.7. The molecule has 2 saturated carbocycles. The second kappa shape index (κ2) is 22.0. The molecule has 402 valence electrons. The average molecular weight is 1070 g/mol. The number of benzene rings is 4.